The molecule has 2 rings (SSSR count). The fourth-order valence-electron chi connectivity index (χ4n) is 1.29. The average Bonchev–Trinajstić information content (AvgIpc) is 2.68. The zero-order chi connectivity index (χ0) is 10.7. The van der Waals surface area contributed by atoms with Crippen molar-refractivity contribution in [2.75, 3.05) is 0 Å². The topological polar surface area (TPSA) is 84.7 Å². The largest absolute Gasteiger partial charge is 0.363 e. The number of nitrogens with one attached hydrogen (secondary N) is 1. The Balaban J connectivity index is 2.15. The van der Waals surface area contributed by atoms with E-state index in [1.54, 1.807) is 18.6 Å². The molecule has 0 aliphatic carbocycles. The number of hydrogen-bond donors (Lipinski definition) is 2. The predicted octanol–water partition coefficient (Wildman–Crippen LogP) is 0.494. The van der Waals surface area contributed by atoms with Crippen molar-refractivity contribution in [2.45, 2.75) is 6.42 Å². The SMILES string of the molecule is NC(=O)c1nc(Cc2cccnc2)c[nH]1. The lowest BCUT2D eigenvalue weighted by molar-refractivity contribution is 0.0991. The third kappa shape index (κ3) is 2.19. The number of rotatable bonds is 3. The highest BCUT2D eigenvalue weighted by atomic mass is 16.1. The van der Waals surface area contributed by atoms with Crippen LogP contribution in [0, 0.1) is 0 Å². The molecule has 0 saturated carbocycles. The van der Waals surface area contributed by atoms with E-state index in [9.17, 15) is 4.79 Å². The second kappa shape index (κ2) is 3.91. The van der Waals surface area contributed by atoms with Crippen molar-refractivity contribution in [1.82, 2.24) is 15.0 Å². The second-order valence-corrected chi connectivity index (χ2v) is 3.14. The molecule has 5 heteroatoms. The molecule has 0 bridgehead atoms. The second-order valence-electron chi connectivity index (χ2n) is 3.14. The molecule has 0 spiro atoms. The minimum absolute atomic E-state index is 0.189. The molecule has 5 nitrogen and oxygen atoms in total. The Bertz CT molecular complexity index is 463. The van der Waals surface area contributed by atoms with Gasteiger partial charge in [-0.2, -0.15) is 0 Å². The Morgan fingerprint density at radius 2 is 2.40 bits per heavy atom. The molecular weight excluding hydrogens is 192 g/mol. The Morgan fingerprint density at radius 3 is 3.00 bits per heavy atom. The Labute approximate surface area is 86.4 Å². The summed E-state index contributed by atoms with van der Waals surface area (Å²) in [6.45, 7) is 0. The zero-order valence-electron chi connectivity index (χ0n) is 7.97. The molecule has 0 saturated heterocycles. The van der Waals surface area contributed by atoms with Crippen LogP contribution >= 0.6 is 0 Å². The number of nitrogens with two attached hydrogens (primary N) is 1. The fourth-order valence-corrected chi connectivity index (χ4v) is 1.29. The smallest absolute Gasteiger partial charge is 0.284 e. The van der Waals surface area contributed by atoms with Gasteiger partial charge in [0, 0.05) is 25.0 Å². The van der Waals surface area contributed by atoms with Gasteiger partial charge in [0.05, 0.1) is 5.69 Å². The number of nitrogens with zero attached hydrogens (tertiary/aromatic N) is 2. The Morgan fingerprint density at radius 1 is 1.53 bits per heavy atom. The molecule has 0 aliphatic rings. The molecule has 2 aromatic heterocycles. The van der Waals surface area contributed by atoms with Crippen molar-refractivity contribution in [1.29, 1.82) is 0 Å². The predicted molar refractivity (Wildman–Crippen MR) is 54.1 cm³/mol. The maximum Gasteiger partial charge on any atom is 0.284 e. The van der Waals surface area contributed by atoms with Crippen molar-refractivity contribution in [3.8, 4) is 0 Å². The van der Waals surface area contributed by atoms with E-state index < -0.39 is 5.91 Å². The zero-order valence-corrected chi connectivity index (χ0v) is 7.97. The number of carbonyl (C=O) groups excluding carboxylic acids is 1. The lowest BCUT2D eigenvalue weighted by Crippen LogP contribution is -2.12. The number of aromatic nitrogens is 3. The summed E-state index contributed by atoms with van der Waals surface area (Å²) < 4.78 is 0. The normalized spacial score (nSPS) is 10.1. The highest BCUT2D eigenvalue weighted by molar-refractivity contribution is 5.88. The summed E-state index contributed by atoms with van der Waals surface area (Å²) in [5.74, 6) is -0.360. The number of primary amides is 1. The number of imidazole rings is 1. The van der Waals surface area contributed by atoms with Crippen LogP contribution in [0.4, 0.5) is 0 Å². The van der Waals surface area contributed by atoms with Crippen LogP contribution in [0.2, 0.25) is 0 Å². The number of pyridine rings is 1. The first-order valence-electron chi connectivity index (χ1n) is 4.48. The molecule has 15 heavy (non-hydrogen) atoms. The van der Waals surface area contributed by atoms with Crippen LogP contribution in [0.3, 0.4) is 0 Å². The van der Waals surface area contributed by atoms with Gasteiger partial charge in [-0.05, 0) is 11.6 Å². The van der Waals surface area contributed by atoms with Gasteiger partial charge in [0.2, 0.25) is 0 Å². The van der Waals surface area contributed by atoms with Gasteiger partial charge in [-0.15, -0.1) is 0 Å². The monoisotopic (exact) mass is 202 g/mol. The standard InChI is InChI=1S/C10H10N4O/c11-9(15)10-13-6-8(14-10)4-7-2-1-3-12-5-7/h1-3,5-6H,4H2,(H2,11,15)(H,13,14). The van der Waals surface area contributed by atoms with Crippen LogP contribution in [-0.4, -0.2) is 20.9 Å². The van der Waals surface area contributed by atoms with E-state index in [1.165, 1.54) is 0 Å². The molecule has 1 amide bonds. The van der Waals surface area contributed by atoms with Crippen LogP contribution in [0.1, 0.15) is 21.9 Å². The summed E-state index contributed by atoms with van der Waals surface area (Å²) in [7, 11) is 0. The highest BCUT2D eigenvalue weighted by Gasteiger charge is 2.06. The van der Waals surface area contributed by atoms with Crippen LogP contribution in [0.15, 0.2) is 30.7 Å². The van der Waals surface area contributed by atoms with Crippen LogP contribution in [0.5, 0.6) is 0 Å². The summed E-state index contributed by atoms with van der Waals surface area (Å²) >= 11 is 0. The maximum absolute atomic E-state index is 10.8. The first-order chi connectivity index (χ1) is 7.25. The third-order valence-corrected chi connectivity index (χ3v) is 1.97. The fraction of sp³-hybridized carbons (Fsp3) is 0.100. The van der Waals surface area contributed by atoms with Gasteiger partial charge in [0.25, 0.3) is 5.91 Å². The van der Waals surface area contributed by atoms with Gasteiger partial charge in [-0.1, -0.05) is 6.07 Å². The molecule has 0 atom stereocenters. The summed E-state index contributed by atoms with van der Waals surface area (Å²) in [5, 5.41) is 0. The van der Waals surface area contributed by atoms with Crippen molar-refractivity contribution in [2.24, 2.45) is 5.73 Å². The van der Waals surface area contributed by atoms with Crippen molar-refractivity contribution in [3.63, 3.8) is 0 Å². The Hall–Kier alpha value is -2.17. The lowest BCUT2D eigenvalue weighted by Gasteiger charge is -1.95. The van der Waals surface area contributed by atoms with Gasteiger partial charge in [0.15, 0.2) is 5.82 Å². The van der Waals surface area contributed by atoms with E-state index in [-0.39, 0.29) is 5.82 Å². The number of hydrogen-bond acceptors (Lipinski definition) is 3. The van der Waals surface area contributed by atoms with E-state index in [1.807, 2.05) is 12.1 Å². The highest BCUT2D eigenvalue weighted by Crippen LogP contribution is 2.05. The molecule has 0 aromatic carbocycles. The van der Waals surface area contributed by atoms with E-state index in [0.29, 0.717) is 6.42 Å². The number of amides is 1. The first kappa shape index (κ1) is 9.39. The third-order valence-electron chi connectivity index (χ3n) is 1.97. The number of aromatic amines is 1. The summed E-state index contributed by atoms with van der Waals surface area (Å²) in [4.78, 5) is 21.5. The Kier molecular flexibility index (Phi) is 2.45. The quantitative estimate of drug-likeness (QED) is 0.759. The van der Waals surface area contributed by atoms with E-state index in [2.05, 4.69) is 15.0 Å². The van der Waals surface area contributed by atoms with Crippen LogP contribution in [-0.2, 0) is 6.42 Å². The molecule has 2 heterocycles. The van der Waals surface area contributed by atoms with E-state index >= 15 is 0 Å². The lowest BCUT2D eigenvalue weighted by atomic mass is 10.2. The van der Waals surface area contributed by atoms with Crippen molar-refractivity contribution >= 4 is 5.91 Å². The van der Waals surface area contributed by atoms with E-state index in [4.69, 9.17) is 5.73 Å². The number of carbonyl (C=O) groups is 1. The molecular formula is C10H10N4O. The molecule has 3 N–H and O–H groups in total. The van der Waals surface area contributed by atoms with E-state index in [0.717, 1.165) is 11.3 Å². The van der Waals surface area contributed by atoms with Gasteiger partial charge < -0.3 is 10.7 Å². The summed E-state index contributed by atoms with van der Waals surface area (Å²) in [6.07, 6.45) is 5.78. The van der Waals surface area contributed by atoms with Crippen LogP contribution < -0.4 is 5.73 Å². The first-order valence-corrected chi connectivity index (χ1v) is 4.48. The molecule has 0 unspecified atom stereocenters. The number of H-pyrrole nitrogens is 1. The molecule has 0 aliphatic heterocycles. The van der Waals surface area contributed by atoms with Gasteiger partial charge in [0.1, 0.15) is 0 Å². The minimum Gasteiger partial charge on any atom is -0.363 e. The molecule has 0 radical (unpaired) electrons. The summed E-state index contributed by atoms with van der Waals surface area (Å²) in [5.41, 5.74) is 6.89. The van der Waals surface area contributed by atoms with Gasteiger partial charge in [-0.25, -0.2) is 4.98 Å². The molecule has 2 aromatic rings. The molecule has 0 fully saturated rings. The van der Waals surface area contributed by atoms with Crippen LogP contribution in [0.25, 0.3) is 0 Å². The van der Waals surface area contributed by atoms with Crippen molar-refractivity contribution in [3.05, 3.63) is 47.8 Å². The van der Waals surface area contributed by atoms with Crippen molar-refractivity contribution < 1.29 is 4.79 Å². The molecule has 76 valence electrons. The maximum atomic E-state index is 10.8. The summed E-state index contributed by atoms with van der Waals surface area (Å²) in [6, 6.07) is 3.81. The minimum atomic E-state index is -0.549. The van der Waals surface area contributed by atoms with Gasteiger partial charge >= 0.3 is 0 Å². The average molecular weight is 202 g/mol. The van der Waals surface area contributed by atoms with Gasteiger partial charge in [-0.3, -0.25) is 9.78 Å².